The highest BCUT2D eigenvalue weighted by molar-refractivity contribution is 5.76. The van der Waals surface area contributed by atoms with Crippen molar-refractivity contribution in [1.29, 1.82) is 0 Å². The van der Waals surface area contributed by atoms with Gasteiger partial charge in [-0.3, -0.25) is 4.79 Å². The smallest absolute Gasteiger partial charge is 0.258 e. The van der Waals surface area contributed by atoms with Crippen LogP contribution in [0.3, 0.4) is 0 Å². The van der Waals surface area contributed by atoms with Crippen molar-refractivity contribution in [2.45, 2.75) is 47.1 Å². The van der Waals surface area contributed by atoms with E-state index in [1.807, 2.05) is 50.9 Å². The number of hydrogen-bond acceptors (Lipinski definition) is 10. The SMILES string of the molecule is CCc1cc(-c2nc(-c3cc(C)nc(N(C)CC(C)C)n3)no2)cc(C)c1OC[C@@H](O)CNC(=O)CO. The van der Waals surface area contributed by atoms with Gasteiger partial charge in [-0.15, -0.1) is 0 Å². The predicted molar refractivity (Wildman–Crippen MR) is 139 cm³/mol. The third-order valence-corrected chi connectivity index (χ3v) is 5.56. The molecule has 0 aliphatic carbocycles. The first-order chi connectivity index (χ1) is 17.6. The topological polar surface area (TPSA) is 147 Å². The lowest BCUT2D eigenvalue weighted by Crippen LogP contribution is -2.36. The normalized spacial score (nSPS) is 12.0. The molecule has 0 saturated carbocycles. The summed E-state index contributed by atoms with van der Waals surface area (Å²) in [5.74, 6) is 1.92. The molecule has 0 aliphatic heterocycles. The minimum atomic E-state index is -0.918. The van der Waals surface area contributed by atoms with Gasteiger partial charge in [0.15, 0.2) is 0 Å². The molecule has 0 radical (unpaired) electrons. The largest absolute Gasteiger partial charge is 0.490 e. The highest BCUT2D eigenvalue weighted by Gasteiger charge is 2.18. The summed E-state index contributed by atoms with van der Waals surface area (Å²) >= 11 is 0. The van der Waals surface area contributed by atoms with Crippen molar-refractivity contribution in [1.82, 2.24) is 25.4 Å². The van der Waals surface area contributed by atoms with Crippen LogP contribution in [0, 0.1) is 19.8 Å². The van der Waals surface area contributed by atoms with Crippen molar-refractivity contribution in [2.24, 2.45) is 5.92 Å². The summed E-state index contributed by atoms with van der Waals surface area (Å²) in [7, 11) is 1.96. The number of carbonyl (C=O) groups excluding carboxylic acids is 1. The van der Waals surface area contributed by atoms with Crippen LogP contribution in [0.5, 0.6) is 5.75 Å². The maximum absolute atomic E-state index is 11.2. The van der Waals surface area contributed by atoms with Crippen molar-refractivity contribution < 1.29 is 24.3 Å². The van der Waals surface area contributed by atoms with E-state index >= 15 is 0 Å². The number of benzene rings is 1. The van der Waals surface area contributed by atoms with Crippen molar-refractivity contribution in [2.75, 3.05) is 38.3 Å². The number of nitrogens with one attached hydrogen (secondary N) is 1. The predicted octanol–water partition coefficient (Wildman–Crippen LogP) is 2.31. The molecule has 0 bridgehead atoms. The maximum atomic E-state index is 11.2. The zero-order valence-corrected chi connectivity index (χ0v) is 22.3. The lowest BCUT2D eigenvalue weighted by Gasteiger charge is -2.19. The van der Waals surface area contributed by atoms with Crippen molar-refractivity contribution in [3.05, 3.63) is 35.0 Å². The second-order valence-electron chi connectivity index (χ2n) is 9.45. The average molecular weight is 513 g/mol. The quantitative estimate of drug-likeness (QED) is 0.330. The van der Waals surface area contributed by atoms with E-state index in [1.165, 1.54) is 0 Å². The fourth-order valence-corrected chi connectivity index (χ4v) is 3.88. The van der Waals surface area contributed by atoms with Crippen molar-refractivity contribution >= 4 is 11.9 Å². The van der Waals surface area contributed by atoms with Gasteiger partial charge >= 0.3 is 0 Å². The Balaban J connectivity index is 1.80. The Labute approximate surface area is 216 Å². The highest BCUT2D eigenvalue weighted by atomic mass is 16.5. The molecule has 0 unspecified atom stereocenters. The summed E-state index contributed by atoms with van der Waals surface area (Å²) in [6.45, 7) is 10.3. The Bertz CT molecular complexity index is 1210. The van der Waals surface area contributed by atoms with Gasteiger partial charge in [0.05, 0.1) is 0 Å². The van der Waals surface area contributed by atoms with Crippen molar-refractivity contribution in [3.8, 4) is 28.7 Å². The lowest BCUT2D eigenvalue weighted by atomic mass is 10.0. The van der Waals surface area contributed by atoms with Crippen LogP contribution in [0.15, 0.2) is 22.7 Å². The van der Waals surface area contributed by atoms with E-state index in [4.69, 9.17) is 14.4 Å². The summed E-state index contributed by atoms with van der Waals surface area (Å²) in [4.78, 5) is 27.0. The second-order valence-corrected chi connectivity index (χ2v) is 9.45. The number of aromatic nitrogens is 4. The minimum Gasteiger partial charge on any atom is -0.490 e. The van der Waals surface area contributed by atoms with Gasteiger partial charge in [-0.2, -0.15) is 4.98 Å². The summed E-state index contributed by atoms with van der Waals surface area (Å²) in [6, 6.07) is 5.64. The minimum absolute atomic E-state index is 0.00967. The van der Waals surface area contributed by atoms with Gasteiger partial charge in [0.25, 0.3) is 5.89 Å². The molecule has 3 rings (SSSR count). The molecule has 0 saturated heterocycles. The molecule has 1 amide bonds. The summed E-state index contributed by atoms with van der Waals surface area (Å²) in [5.41, 5.74) is 3.90. The number of carbonyl (C=O) groups is 1. The standard InChI is InChI=1S/C26H36N6O5/c1-7-18-10-19(8-16(4)23(18)36-14-20(34)11-27-22(35)13-33)25-30-24(31-37-25)21-9-17(5)28-26(29-21)32(6)12-15(2)3/h8-10,15,20,33-34H,7,11-14H2,1-6H3,(H,27,35)/t20-/m0/s1. The van der Waals surface area contributed by atoms with E-state index in [9.17, 15) is 9.90 Å². The Hall–Kier alpha value is -3.57. The molecule has 11 heteroatoms. The summed E-state index contributed by atoms with van der Waals surface area (Å²) in [5, 5.41) is 25.5. The molecule has 2 aromatic heterocycles. The molecule has 3 aromatic rings. The van der Waals surface area contributed by atoms with Crippen LogP contribution in [0.25, 0.3) is 23.0 Å². The van der Waals surface area contributed by atoms with Crippen LogP contribution in [0.4, 0.5) is 5.95 Å². The van der Waals surface area contributed by atoms with E-state index in [0.717, 1.165) is 28.9 Å². The van der Waals surface area contributed by atoms with Crippen LogP contribution in [0.2, 0.25) is 0 Å². The van der Waals surface area contributed by atoms with Crippen LogP contribution >= 0.6 is 0 Å². The first kappa shape index (κ1) is 28.0. The molecule has 2 heterocycles. The Morgan fingerprint density at radius 3 is 2.62 bits per heavy atom. The van der Waals surface area contributed by atoms with Gasteiger partial charge in [0.2, 0.25) is 17.7 Å². The van der Waals surface area contributed by atoms with Gasteiger partial charge in [-0.05, 0) is 55.5 Å². The number of anilines is 1. The van der Waals surface area contributed by atoms with Gasteiger partial charge in [0.1, 0.15) is 30.8 Å². The van der Waals surface area contributed by atoms with Crippen LogP contribution in [-0.4, -0.2) is 75.7 Å². The second kappa shape index (κ2) is 12.6. The van der Waals surface area contributed by atoms with E-state index in [2.05, 4.69) is 39.3 Å². The molecule has 37 heavy (non-hydrogen) atoms. The lowest BCUT2D eigenvalue weighted by molar-refractivity contribution is -0.124. The molecule has 11 nitrogen and oxygen atoms in total. The van der Waals surface area contributed by atoms with Crippen LogP contribution in [-0.2, 0) is 11.2 Å². The number of nitrogens with zero attached hydrogens (tertiary/aromatic N) is 5. The molecule has 3 N–H and O–H groups in total. The first-order valence-corrected chi connectivity index (χ1v) is 12.3. The molecule has 200 valence electrons. The molecule has 0 aliphatic rings. The van der Waals surface area contributed by atoms with Gasteiger partial charge < -0.3 is 29.7 Å². The van der Waals surface area contributed by atoms with Gasteiger partial charge in [0, 0.05) is 31.4 Å². The van der Waals surface area contributed by atoms with Gasteiger partial charge in [-0.1, -0.05) is 25.9 Å². The first-order valence-electron chi connectivity index (χ1n) is 12.3. The number of ether oxygens (including phenoxy) is 1. The summed E-state index contributed by atoms with van der Waals surface area (Å²) < 4.78 is 11.5. The Kier molecular flexibility index (Phi) is 9.54. The highest BCUT2D eigenvalue weighted by Crippen LogP contribution is 2.31. The zero-order valence-electron chi connectivity index (χ0n) is 22.3. The number of rotatable bonds is 12. The third kappa shape index (κ3) is 7.46. The number of aryl methyl sites for hydroxylation is 3. The van der Waals surface area contributed by atoms with E-state index in [0.29, 0.717) is 41.4 Å². The van der Waals surface area contributed by atoms with E-state index in [1.54, 1.807) is 0 Å². The summed E-state index contributed by atoms with van der Waals surface area (Å²) in [6.07, 6.45) is -0.238. The fraction of sp³-hybridized carbons (Fsp3) is 0.500. The van der Waals surface area contributed by atoms with Gasteiger partial charge in [-0.25, -0.2) is 9.97 Å². The van der Waals surface area contributed by atoms with E-state index < -0.39 is 18.6 Å². The molecule has 0 fully saturated rings. The van der Waals surface area contributed by atoms with Crippen molar-refractivity contribution in [3.63, 3.8) is 0 Å². The molecular formula is C26H36N6O5. The molecule has 0 spiro atoms. The molecule has 1 aromatic carbocycles. The average Bonchev–Trinajstić information content (AvgIpc) is 3.35. The number of hydrogen-bond donors (Lipinski definition) is 3. The van der Waals surface area contributed by atoms with Crippen LogP contribution in [0.1, 0.15) is 37.6 Å². The molecule has 1 atom stereocenters. The number of aliphatic hydroxyl groups excluding tert-OH is 2. The third-order valence-electron chi connectivity index (χ3n) is 5.56. The number of amides is 1. The Morgan fingerprint density at radius 1 is 1.19 bits per heavy atom. The van der Waals surface area contributed by atoms with Crippen LogP contribution < -0.4 is 15.0 Å². The monoisotopic (exact) mass is 512 g/mol. The zero-order chi connectivity index (χ0) is 27.1. The molecular weight excluding hydrogens is 476 g/mol. The Morgan fingerprint density at radius 2 is 1.95 bits per heavy atom. The maximum Gasteiger partial charge on any atom is 0.258 e. The number of aliphatic hydroxyl groups is 2. The fourth-order valence-electron chi connectivity index (χ4n) is 3.88. The van der Waals surface area contributed by atoms with E-state index in [-0.39, 0.29) is 13.2 Å².